The van der Waals surface area contributed by atoms with E-state index in [4.69, 9.17) is 0 Å². The first-order valence-electron chi connectivity index (χ1n) is 4.28. The second-order valence-electron chi connectivity index (χ2n) is 2.93. The van der Waals surface area contributed by atoms with Crippen molar-refractivity contribution in [1.82, 2.24) is 19.7 Å². The molecular formula is C8H7F3N4. The maximum atomic E-state index is 12.3. The van der Waals surface area contributed by atoms with Crippen LogP contribution in [0.4, 0.5) is 13.2 Å². The lowest BCUT2D eigenvalue weighted by atomic mass is 10.4. The van der Waals surface area contributed by atoms with Crippen LogP contribution in [-0.4, -0.2) is 19.7 Å². The van der Waals surface area contributed by atoms with Gasteiger partial charge in [0.2, 0.25) is 5.82 Å². The number of aryl methyl sites for hydroxylation is 1. The van der Waals surface area contributed by atoms with E-state index in [0.29, 0.717) is 11.9 Å². The Balaban J connectivity index is 2.63. The molecule has 0 atom stereocenters. The van der Waals surface area contributed by atoms with Gasteiger partial charge in [-0.15, -0.1) is 0 Å². The topological polar surface area (TPSA) is 43.6 Å². The van der Waals surface area contributed by atoms with Gasteiger partial charge in [0, 0.05) is 12.7 Å². The summed E-state index contributed by atoms with van der Waals surface area (Å²) < 4.78 is 38.3. The first kappa shape index (κ1) is 9.88. The van der Waals surface area contributed by atoms with Crippen molar-refractivity contribution in [3.05, 3.63) is 18.2 Å². The molecule has 0 aliphatic carbocycles. The average molecular weight is 216 g/mol. The third-order valence-electron chi connectivity index (χ3n) is 1.93. The molecule has 15 heavy (non-hydrogen) atoms. The number of rotatable bonds is 1. The second-order valence-corrected chi connectivity index (χ2v) is 2.93. The van der Waals surface area contributed by atoms with Crippen molar-refractivity contribution in [1.29, 1.82) is 0 Å². The van der Waals surface area contributed by atoms with Crippen LogP contribution in [-0.2, 0) is 12.7 Å². The van der Waals surface area contributed by atoms with Gasteiger partial charge in [-0.05, 0) is 6.92 Å². The molecule has 0 aliphatic heterocycles. The number of nitrogens with zero attached hydrogens (tertiary/aromatic N) is 4. The van der Waals surface area contributed by atoms with Crippen LogP contribution in [0.3, 0.4) is 0 Å². The highest BCUT2D eigenvalue weighted by molar-refractivity contribution is 5.73. The summed E-state index contributed by atoms with van der Waals surface area (Å²) in [5, 5.41) is 4.39. The zero-order valence-electron chi connectivity index (χ0n) is 7.78. The molecule has 0 aliphatic rings. The Morgan fingerprint density at radius 3 is 2.67 bits per heavy atom. The van der Waals surface area contributed by atoms with Crippen LogP contribution >= 0.6 is 0 Å². The lowest BCUT2D eigenvalue weighted by Gasteiger charge is -2.04. The number of aromatic nitrogens is 4. The van der Waals surface area contributed by atoms with E-state index in [1.165, 1.54) is 10.9 Å². The molecule has 0 spiro atoms. The van der Waals surface area contributed by atoms with Crippen molar-refractivity contribution in [3.8, 4) is 0 Å². The Kier molecular flexibility index (Phi) is 2.09. The molecule has 0 aromatic carbocycles. The summed E-state index contributed by atoms with van der Waals surface area (Å²) in [5.41, 5.74) is 0.208. The van der Waals surface area contributed by atoms with Gasteiger partial charge in [0.25, 0.3) is 0 Å². The fraction of sp³-hybridized carbons (Fsp3) is 0.375. The SMILES string of the molecule is CCn1ncc2cnc(C(F)(F)F)nc21. The minimum absolute atomic E-state index is 0.208. The summed E-state index contributed by atoms with van der Waals surface area (Å²) in [7, 11) is 0. The molecule has 0 unspecified atom stereocenters. The third kappa shape index (κ3) is 1.64. The van der Waals surface area contributed by atoms with Gasteiger partial charge in [-0.2, -0.15) is 18.3 Å². The van der Waals surface area contributed by atoms with Gasteiger partial charge in [0.05, 0.1) is 11.6 Å². The fourth-order valence-corrected chi connectivity index (χ4v) is 1.23. The first-order valence-corrected chi connectivity index (χ1v) is 4.28. The molecule has 0 amide bonds. The summed E-state index contributed by atoms with van der Waals surface area (Å²) in [6.45, 7) is 2.25. The standard InChI is InChI=1S/C8H7F3N4/c1-2-15-6-5(4-13-15)3-12-7(14-6)8(9,10)11/h3-4H,2H2,1H3. The van der Waals surface area contributed by atoms with Crippen molar-refractivity contribution < 1.29 is 13.2 Å². The summed E-state index contributed by atoms with van der Waals surface area (Å²) in [6.07, 6.45) is -1.94. The second kappa shape index (κ2) is 3.18. The minimum atomic E-state index is -4.52. The van der Waals surface area contributed by atoms with E-state index in [1.807, 2.05) is 0 Å². The Bertz CT molecular complexity index is 488. The van der Waals surface area contributed by atoms with E-state index in [1.54, 1.807) is 6.92 Å². The van der Waals surface area contributed by atoms with Gasteiger partial charge in [-0.25, -0.2) is 14.6 Å². The molecule has 2 aromatic rings. The fourth-order valence-electron chi connectivity index (χ4n) is 1.23. The highest BCUT2D eigenvalue weighted by atomic mass is 19.4. The van der Waals surface area contributed by atoms with E-state index in [2.05, 4.69) is 15.1 Å². The van der Waals surface area contributed by atoms with E-state index in [0.717, 1.165) is 6.20 Å². The number of halogens is 3. The summed E-state index contributed by atoms with van der Waals surface area (Å²) in [5.74, 6) is -1.13. The number of fused-ring (bicyclic) bond motifs is 1. The normalized spacial score (nSPS) is 12.3. The van der Waals surface area contributed by atoms with Crippen LogP contribution in [0.5, 0.6) is 0 Å². The average Bonchev–Trinajstić information content (AvgIpc) is 2.57. The molecule has 0 N–H and O–H groups in total. The van der Waals surface area contributed by atoms with Gasteiger partial charge in [0.15, 0.2) is 5.65 Å². The third-order valence-corrected chi connectivity index (χ3v) is 1.93. The number of hydrogen-bond donors (Lipinski definition) is 0. The lowest BCUT2D eigenvalue weighted by Crippen LogP contribution is -2.11. The largest absolute Gasteiger partial charge is 0.451 e. The van der Waals surface area contributed by atoms with Gasteiger partial charge >= 0.3 is 6.18 Å². The predicted octanol–water partition coefficient (Wildman–Crippen LogP) is 1.86. The summed E-state index contributed by atoms with van der Waals surface area (Å²) in [6, 6.07) is 0. The maximum absolute atomic E-state index is 12.3. The molecule has 0 saturated heterocycles. The van der Waals surface area contributed by atoms with Crippen LogP contribution in [0.15, 0.2) is 12.4 Å². The molecule has 80 valence electrons. The monoisotopic (exact) mass is 216 g/mol. The van der Waals surface area contributed by atoms with E-state index in [9.17, 15) is 13.2 Å². The van der Waals surface area contributed by atoms with Crippen molar-refractivity contribution in [2.75, 3.05) is 0 Å². The zero-order valence-corrected chi connectivity index (χ0v) is 7.78. The molecule has 2 heterocycles. The Morgan fingerprint density at radius 2 is 2.07 bits per heavy atom. The Labute approximate surface area is 82.8 Å². The molecule has 0 radical (unpaired) electrons. The van der Waals surface area contributed by atoms with Crippen LogP contribution < -0.4 is 0 Å². The number of hydrogen-bond acceptors (Lipinski definition) is 3. The Hall–Kier alpha value is -1.66. The maximum Gasteiger partial charge on any atom is 0.451 e. The summed E-state index contributed by atoms with van der Waals surface area (Å²) >= 11 is 0. The highest BCUT2D eigenvalue weighted by Gasteiger charge is 2.34. The van der Waals surface area contributed by atoms with Crippen molar-refractivity contribution in [2.24, 2.45) is 0 Å². The molecule has 0 bridgehead atoms. The van der Waals surface area contributed by atoms with E-state index >= 15 is 0 Å². The smallest absolute Gasteiger partial charge is 0.248 e. The van der Waals surface area contributed by atoms with Crippen LogP contribution in [0, 0.1) is 0 Å². The molecule has 2 aromatic heterocycles. The predicted molar refractivity (Wildman–Crippen MR) is 46.0 cm³/mol. The summed E-state index contributed by atoms with van der Waals surface area (Å²) in [4.78, 5) is 6.68. The highest BCUT2D eigenvalue weighted by Crippen LogP contribution is 2.26. The van der Waals surface area contributed by atoms with E-state index < -0.39 is 12.0 Å². The first-order chi connectivity index (χ1) is 7.02. The quantitative estimate of drug-likeness (QED) is 0.730. The molecule has 2 rings (SSSR count). The molecule has 7 heteroatoms. The molecule has 4 nitrogen and oxygen atoms in total. The minimum Gasteiger partial charge on any atom is -0.248 e. The number of alkyl halides is 3. The van der Waals surface area contributed by atoms with Crippen molar-refractivity contribution >= 4 is 11.0 Å². The van der Waals surface area contributed by atoms with Crippen molar-refractivity contribution in [3.63, 3.8) is 0 Å². The molecular weight excluding hydrogens is 209 g/mol. The van der Waals surface area contributed by atoms with Crippen LogP contribution in [0.25, 0.3) is 11.0 Å². The van der Waals surface area contributed by atoms with E-state index in [-0.39, 0.29) is 5.65 Å². The zero-order chi connectivity index (χ0) is 11.1. The van der Waals surface area contributed by atoms with Gasteiger partial charge in [-0.1, -0.05) is 0 Å². The molecule has 0 saturated carbocycles. The lowest BCUT2D eigenvalue weighted by molar-refractivity contribution is -0.144. The molecule has 0 fully saturated rings. The van der Waals surface area contributed by atoms with Gasteiger partial charge in [0.1, 0.15) is 0 Å². The van der Waals surface area contributed by atoms with Gasteiger partial charge in [-0.3, -0.25) is 0 Å². The van der Waals surface area contributed by atoms with Crippen LogP contribution in [0.2, 0.25) is 0 Å². The Morgan fingerprint density at radius 1 is 1.33 bits per heavy atom. The van der Waals surface area contributed by atoms with Crippen LogP contribution in [0.1, 0.15) is 12.7 Å². The van der Waals surface area contributed by atoms with Crippen molar-refractivity contribution in [2.45, 2.75) is 19.6 Å². The van der Waals surface area contributed by atoms with Gasteiger partial charge < -0.3 is 0 Å².